The van der Waals surface area contributed by atoms with E-state index in [0.29, 0.717) is 5.75 Å². The number of aliphatic carboxylic acids is 1. The molecule has 0 aliphatic rings. The van der Waals surface area contributed by atoms with Crippen molar-refractivity contribution in [1.29, 1.82) is 0 Å². The lowest BCUT2D eigenvalue weighted by Gasteiger charge is -2.11. The van der Waals surface area contributed by atoms with Crippen molar-refractivity contribution in [1.82, 2.24) is 4.98 Å². The summed E-state index contributed by atoms with van der Waals surface area (Å²) in [7, 11) is 0. The Morgan fingerprint density at radius 1 is 1.17 bits per heavy atom. The van der Waals surface area contributed by atoms with Gasteiger partial charge >= 0.3 is 5.97 Å². The van der Waals surface area contributed by atoms with Crippen LogP contribution in [0.5, 0.6) is 5.75 Å². The molecule has 158 valence electrons. The van der Waals surface area contributed by atoms with Gasteiger partial charge in [-0.15, -0.1) is 23.1 Å². The Labute approximate surface area is 186 Å². The standard InChI is InChI=1S/C24H27NO3S2/c1-4-6-19-13-20(11-12-21(19)28-14-23(26)27)29-15-22-16(3)25-24(30-22)18-9-7-17(5-2)8-10-18/h7-13H,4-6,14-15H2,1-3H3,(H,26,27). The molecule has 0 fully saturated rings. The molecule has 1 N–H and O–H groups in total. The van der Waals surface area contributed by atoms with Crippen LogP contribution in [-0.2, 0) is 23.4 Å². The monoisotopic (exact) mass is 441 g/mol. The number of hydrogen-bond donors (Lipinski definition) is 1. The third kappa shape index (κ3) is 5.86. The Balaban J connectivity index is 1.70. The van der Waals surface area contributed by atoms with E-state index in [1.807, 2.05) is 12.1 Å². The summed E-state index contributed by atoms with van der Waals surface area (Å²) in [5.41, 5.74) is 4.64. The molecule has 0 aliphatic heterocycles. The van der Waals surface area contributed by atoms with Gasteiger partial charge in [-0.25, -0.2) is 9.78 Å². The first-order chi connectivity index (χ1) is 14.5. The maximum Gasteiger partial charge on any atom is 0.341 e. The maximum atomic E-state index is 10.8. The van der Waals surface area contributed by atoms with Crippen LogP contribution in [0.3, 0.4) is 0 Å². The quantitative estimate of drug-likeness (QED) is 0.369. The maximum absolute atomic E-state index is 10.8. The lowest BCUT2D eigenvalue weighted by Crippen LogP contribution is -2.10. The van der Waals surface area contributed by atoms with Crippen LogP contribution in [0.2, 0.25) is 0 Å². The molecule has 4 nitrogen and oxygen atoms in total. The fourth-order valence-electron chi connectivity index (χ4n) is 3.11. The lowest BCUT2D eigenvalue weighted by molar-refractivity contribution is -0.139. The third-order valence-corrected chi connectivity index (χ3v) is 7.18. The summed E-state index contributed by atoms with van der Waals surface area (Å²) in [6.45, 7) is 6.03. The minimum Gasteiger partial charge on any atom is -0.482 e. The second kappa shape index (κ2) is 10.6. The first kappa shape index (κ1) is 22.4. The van der Waals surface area contributed by atoms with Crippen molar-refractivity contribution in [3.05, 3.63) is 64.2 Å². The number of hydrogen-bond acceptors (Lipinski definition) is 5. The van der Waals surface area contributed by atoms with Crippen LogP contribution in [-0.4, -0.2) is 22.7 Å². The third-order valence-electron chi connectivity index (χ3n) is 4.77. The first-order valence-electron chi connectivity index (χ1n) is 10.2. The number of thioether (sulfide) groups is 1. The van der Waals surface area contributed by atoms with Crippen LogP contribution in [0.15, 0.2) is 47.4 Å². The highest BCUT2D eigenvalue weighted by Gasteiger charge is 2.12. The Morgan fingerprint density at radius 3 is 2.60 bits per heavy atom. The molecule has 0 amide bonds. The number of carboxylic acids is 1. The molecule has 0 atom stereocenters. The molecular weight excluding hydrogens is 414 g/mol. The average Bonchev–Trinajstić information content (AvgIpc) is 3.12. The molecule has 1 heterocycles. The normalized spacial score (nSPS) is 10.9. The van der Waals surface area contributed by atoms with Crippen LogP contribution in [0.1, 0.15) is 42.0 Å². The highest BCUT2D eigenvalue weighted by molar-refractivity contribution is 7.98. The van der Waals surface area contributed by atoms with E-state index in [2.05, 4.69) is 51.1 Å². The Kier molecular flexibility index (Phi) is 7.94. The van der Waals surface area contributed by atoms with Gasteiger partial charge in [0.25, 0.3) is 0 Å². The van der Waals surface area contributed by atoms with Crippen LogP contribution in [0.4, 0.5) is 0 Å². The topological polar surface area (TPSA) is 59.4 Å². The van der Waals surface area contributed by atoms with Crippen LogP contribution >= 0.6 is 23.1 Å². The molecule has 3 aromatic rings. The van der Waals surface area contributed by atoms with Gasteiger partial charge in [0.1, 0.15) is 10.8 Å². The second-order valence-electron chi connectivity index (χ2n) is 7.07. The Morgan fingerprint density at radius 2 is 1.93 bits per heavy atom. The summed E-state index contributed by atoms with van der Waals surface area (Å²) in [6.07, 6.45) is 2.88. The number of nitrogens with zero attached hydrogens (tertiary/aromatic N) is 1. The molecule has 0 spiro atoms. The molecule has 3 rings (SSSR count). The van der Waals surface area contributed by atoms with Crippen LogP contribution < -0.4 is 4.74 Å². The summed E-state index contributed by atoms with van der Waals surface area (Å²) in [5.74, 6) is 0.560. The molecule has 0 aliphatic carbocycles. The largest absolute Gasteiger partial charge is 0.482 e. The van der Waals surface area contributed by atoms with Crippen molar-refractivity contribution >= 4 is 29.1 Å². The van der Waals surface area contributed by atoms with Gasteiger partial charge in [0, 0.05) is 21.1 Å². The lowest BCUT2D eigenvalue weighted by atomic mass is 10.1. The van der Waals surface area contributed by atoms with Gasteiger partial charge in [0.15, 0.2) is 6.61 Å². The van der Waals surface area contributed by atoms with Gasteiger partial charge in [-0.05, 0) is 49.1 Å². The molecule has 1 aromatic heterocycles. The van der Waals surface area contributed by atoms with Gasteiger partial charge in [0.05, 0.1) is 5.69 Å². The molecule has 0 saturated heterocycles. The number of carboxylic acid groups (broad SMARTS) is 1. The number of ether oxygens (including phenoxy) is 1. The van der Waals surface area contributed by atoms with Crippen molar-refractivity contribution in [2.45, 2.75) is 50.7 Å². The van der Waals surface area contributed by atoms with Gasteiger partial charge in [-0.3, -0.25) is 0 Å². The van der Waals surface area contributed by atoms with Crippen molar-refractivity contribution in [2.75, 3.05) is 6.61 Å². The highest BCUT2D eigenvalue weighted by Crippen LogP contribution is 2.34. The van der Waals surface area contributed by atoms with E-state index in [4.69, 9.17) is 14.8 Å². The number of carbonyl (C=O) groups is 1. The predicted octanol–water partition coefficient (Wildman–Crippen LogP) is 6.39. The van der Waals surface area contributed by atoms with Gasteiger partial charge in [-0.1, -0.05) is 44.5 Å². The highest BCUT2D eigenvalue weighted by atomic mass is 32.2. The molecule has 6 heteroatoms. The molecule has 30 heavy (non-hydrogen) atoms. The molecule has 0 radical (unpaired) electrons. The van der Waals surface area contributed by atoms with Gasteiger partial charge < -0.3 is 9.84 Å². The number of rotatable bonds is 10. The zero-order chi connectivity index (χ0) is 21.5. The van der Waals surface area contributed by atoms with E-state index in [9.17, 15) is 4.79 Å². The van der Waals surface area contributed by atoms with E-state index < -0.39 is 5.97 Å². The molecule has 0 bridgehead atoms. The zero-order valence-electron chi connectivity index (χ0n) is 17.6. The number of benzene rings is 2. The minimum absolute atomic E-state index is 0.314. The van der Waals surface area contributed by atoms with E-state index in [1.165, 1.54) is 16.0 Å². The Bertz CT molecular complexity index is 996. The van der Waals surface area contributed by atoms with Crippen molar-refractivity contribution in [2.24, 2.45) is 0 Å². The van der Waals surface area contributed by atoms with Gasteiger partial charge in [0.2, 0.25) is 0 Å². The van der Waals surface area contributed by atoms with Crippen LogP contribution in [0.25, 0.3) is 10.6 Å². The Hall–Kier alpha value is -2.31. The van der Waals surface area contributed by atoms with E-state index in [1.54, 1.807) is 23.1 Å². The molecule has 2 aromatic carbocycles. The average molecular weight is 442 g/mol. The summed E-state index contributed by atoms with van der Waals surface area (Å²) in [6, 6.07) is 14.7. The van der Waals surface area contributed by atoms with E-state index in [-0.39, 0.29) is 6.61 Å². The fraction of sp³-hybridized carbons (Fsp3) is 0.333. The molecule has 0 saturated carbocycles. The van der Waals surface area contributed by atoms with E-state index in [0.717, 1.165) is 46.2 Å². The first-order valence-corrected chi connectivity index (χ1v) is 12.0. The van der Waals surface area contributed by atoms with Gasteiger partial charge in [-0.2, -0.15) is 0 Å². The minimum atomic E-state index is -0.961. The smallest absolute Gasteiger partial charge is 0.341 e. The SMILES string of the molecule is CCCc1cc(SCc2sc(-c3ccc(CC)cc3)nc2C)ccc1OCC(=O)O. The number of aromatic nitrogens is 1. The van der Waals surface area contributed by atoms with Crippen LogP contribution in [0, 0.1) is 6.92 Å². The van der Waals surface area contributed by atoms with Crippen molar-refractivity contribution in [3.63, 3.8) is 0 Å². The van der Waals surface area contributed by atoms with E-state index >= 15 is 0 Å². The van der Waals surface area contributed by atoms with Crippen molar-refractivity contribution in [3.8, 4) is 16.3 Å². The molecule has 0 unspecified atom stereocenters. The zero-order valence-corrected chi connectivity index (χ0v) is 19.2. The fourth-order valence-corrected chi connectivity index (χ4v) is 5.28. The molecular formula is C24H27NO3S2. The summed E-state index contributed by atoms with van der Waals surface area (Å²) >= 11 is 3.53. The number of thiazole rings is 1. The predicted molar refractivity (Wildman–Crippen MR) is 125 cm³/mol. The summed E-state index contributed by atoms with van der Waals surface area (Å²) < 4.78 is 5.44. The van der Waals surface area contributed by atoms with Crippen molar-refractivity contribution < 1.29 is 14.6 Å². The summed E-state index contributed by atoms with van der Waals surface area (Å²) in [4.78, 5) is 18.0. The second-order valence-corrected chi connectivity index (χ2v) is 9.20. The number of aryl methyl sites for hydroxylation is 3. The summed E-state index contributed by atoms with van der Waals surface area (Å²) in [5, 5.41) is 9.93.